The molecule has 4 nitrogen and oxygen atoms in total. The first-order chi connectivity index (χ1) is 10.6. The van der Waals surface area contributed by atoms with Crippen molar-refractivity contribution in [2.75, 3.05) is 6.54 Å². The molecule has 1 aromatic carbocycles. The SMILES string of the molecule is CCN=CC=C(N)c1cccc(Sc2cnc(Br)cn2)c1Cl. The lowest BCUT2D eigenvalue weighted by atomic mass is 10.1. The van der Waals surface area contributed by atoms with Gasteiger partial charge in [0.05, 0.1) is 17.4 Å². The first-order valence-electron chi connectivity index (χ1n) is 6.51. The van der Waals surface area contributed by atoms with Crippen LogP contribution in [0, 0.1) is 0 Å². The van der Waals surface area contributed by atoms with E-state index in [1.54, 1.807) is 24.7 Å². The molecule has 1 heterocycles. The lowest BCUT2D eigenvalue weighted by Gasteiger charge is -2.09. The van der Waals surface area contributed by atoms with Crippen LogP contribution < -0.4 is 5.73 Å². The van der Waals surface area contributed by atoms with Gasteiger partial charge < -0.3 is 5.73 Å². The first-order valence-corrected chi connectivity index (χ1v) is 8.50. The van der Waals surface area contributed by atoms with Gasteiger partial charge >= 0.3 is 0 Å². The van der Waals surface area contributed by atoms with Gasteiger partial charge in [0.1, 0.15) is 9.63 Å². The summed E-state index contributed by atoms with van der Waals surface area (Å²) < 4.78 is 0.694. The van der Waals surface area contributed by atoms with E-state index in [1.165, 1.54) is 11.8 Å². The van der Waals surface area contributed by atoms with Crippen molar-refractivity contribution in [1.82, 2.24) is 9.97 Å². The average Bonchev–Trinajstić information content (AvgIpc) is 2.51. The summed E-state index contributed by atoms with van der Waals surface area (Å²) in [6, 6.07) is 5.71. The second kappa shape index (κ2) is 8.31. The summed E-state index contributed by atoms with van der Waals surface area (Å²) in [7, 11) is 0. The van der Waals surface area contributed by atoms with Crippen LogP contribution in [0.3, 0.4) is 0 Å². The fourth-order valence-corrected chi connectivity index (χ4v) is 2.94. The molecule has 0 spiro atoms. The molecule has 0 aliphatic heterocycles. The van der Waals surface area contributed by atoms with Crippen molar-refractivity contribution in [3.63, 3.8) is 0 Å². The second-order valence-electron chi connectivity index (χ2n) is 4.17. The molecule has 0 aliphatic rings. The van der Waals surface area contributed by atoms with Crippen molar-refractivity contribution in [3.8, 4) is 0 Å². The molecule has 0 radical (unpaired) electrons. The molecule has 0 amide bonds. The molecule has 0 saturated heterocycles. The molecule has 22 heavy (non-hydrogen) atoms. The fourth-order valence-electron chi connectivity index (χ4n) is 1.61. The highest BCUT2D eigenvalue weighted by atomic mass is 79.9. The van der Waals surface area contributed by atoms with Gasteiger partial charge in [0, 0.05) is 28.9 Å². The molecular formula is C15H14BrClN4S. The molecule has 2 aromatic rings. The Morgan fingerprint density at radius 3 is 2.91 bits per heavy atom. The maximum Gasteiger partial charge on any atom is 0.124 e. The minimum Gasteiger partial charge on any atom is -0.398 e. The van der Waals surface area contributed by atoms with Crippen molar-refractivity contribution in [1.29, 1.82) is 0 Å². The van der Waals surface area contributed by atoms with Crippen LogP contribution in [-0.4, -0.2) is 22.7 Å². The molecule has 0 bridgehead atoms. The number of hydrogen-bond acceptors (Lipinski definition) is 5. The van der Waals surface area contributed by atoms with Crippen molar-refractivity contribution in [3.05, 3.63) is 51.9 Å². The number of halogens is 2. The van der Waals surface area contributed by atoms with Crippen LogP contribution in [0.4, 0.5) is 0 Å². The summed E-state index contributed by atoms with van der Waals surface area (Å²) in [4.78, 5) is 13.4. The van der Waals surface area contributed by atoms with E-state index in [4.69, 9.17) is 17.3 Å². The van der Waals surface area contributed by atoms with Crippen molar-refractivity contribution in [2.24, 2.45) is 10.7 Å². The topological polar surface area (TPSA) is 64.2 Å². The molecule has 114 valence electrons. The van der Waals surface area contributed by atoms with E-state index in [-0.39, 0.29) is 0 Å². The third-order valence-electron chi connectivity index (χ3n) is 2.63. The van der Waals surface area contributed by atoms with Crippen LogP contribution in [0.15, 0.2) is 56.2 Å². The van der Waals surface area contributed by atoms with Crippen molar-refractivity contribution >= 4 is 51.2 Å². The number of aromatic nitrogens is 2. The lowest BCUT2D eigenvalue weighted by molar-refractivity contribution is 1.03. The van der Waals surface area contributed by atoms with E-state index in [0.717, 1.165) is 22.0 Å². The highest BCUT2D eigenvalue weighted by Gasteiger charge is 2.10. The van der Waals surface area contributed by atoms with Crippen LogP contribution in [-0.2, 0) is 0 Å². The average molecular weight is 398 g/mol. The van der Waals surface area contributed by atoms with Gasteiger partial charge in [-0.3, -0.25) is 4.99 Å². The molecule has 0 fully saturated rings. The van der Waals surface area contributed by atoms with Gasteiger partial charge in [-0.1, -0.05) is 35.5 Å². The third kappa shape index (κ3) is 4.56. The second-order valence-corrected chi connectivity index (χ2v) is 6.42. The Morgan fingerprint density at radius 1 is 1.41 bits per heavy atom. The van der Waals surface area contributed by atoms with E-state index in [9.17, 15) is 0 Å². The third-order valence-corrected chi connectivity index (χ3v) is 4.54. The molecular weight excluding hydrogens is 384 g/mol. The lowest BCUT2D eigenvalue weighted by Crippen LogP contribution is -1.98. The Morgan fingerprint density at radius 2 is 2.23 bits per heavy atom. The van der Waals surface area contributed by atoms with E-state index in [2.05, 4.69) is 30.9 Å². The van der Waals surface area contributed by atoms with Gasteiger partial charge in [-0.2, -0.15) is 0 Å². The molecule has 0 atom stereocenters. The highest BCUT2D eigenvalue weighted by molar-refractivity contribution is 9.10. The summed E-state index contributed by atoms with van der Waals surface area (Å²) in [5.74, 6) is 0. The van der Waals surface area contributed by atoms with Gasteiger partial charge in [-0.25, -0.2) is 9.97 Å². The minimum absolute atomic E-state index is 0.576. The first kappa shape index (κ1) is 17.0. The Kier molecular flexibility index (Phi) is 6.42. The monoisotopic (exact) mass is 396 g/mol. The molecule has 7 heteroatoms. The maximum atomic E-state index is 6.45. The van der Waals surface area contributed by atoms with E-state index >= 15 is 0 Å². The van der Waals surface area contributed by atoms with Crippen LogP contribution in [0.2, 0.25) is 5.02 Å². The largest absolute Gasteiger partial charge is 0.398 e. The Hall–Kier alpha value is -1.37. The zero-order chi connectivity index (χ0) is 15.9. The predicted molar refractivity (Wildman–Crippen MR) is 96.5 cm³/mol. The van der Waals surface area contributed by atoms with Gasteiger partial charge in [-0.15, -0.1) is 0 Å². The Bertz CT molecular complexity index is 701. The number of hydrogen-bond donors (Lipinski definition) is 1. The number of rotatable bonds is 5. The molecule has 2 N–H and O–H groups in total. The van der Waals surface area contributed by atoms with Crippen LogP contribution in [0.5, 0.6) is 0 Å². The summed E-state index contributed by atoms with van der Waals surface area (Å²) in [5, 5.41) is 1.35. The molecule has 0 saturated carbocycles. The number of nitrogens with zero attached hydrogens (tertiary/aromatic N) is 3. The molecule has 0 unspecified atom stereocenters. The summed E-state index contributed by atoms with van der Waals surface area (Å²) in [5.41, 5.74) is 7.41. The predicted octanol–water partition coefficient (Wildman–Crippen LogP) is 4.43. The maximum absolute atomic E-state index is 6.45. The van der Waals surface area contributed by atoms with E-state index < -0.39 is 0 Å². The van der Waals surface area contributed by atoms with Crippen LogP contribution in [0.25, 0.3) is 5.70 Å². The van der Waals surface area contributed by atoms with E-state index in [0.29, 0.717) is 15.3 Å². The summed E-state index contributed by atoms with van der Waals surface area (Å²) in [6.45, 7) is 2.68. The Labute approximate surface area is 147 Å². The zero-order valence-corrected chi connectivity index (χ0v) is 15.0. The fraction of sp³-hybridized carbons (Fsp3) is 0.133. The molecule has 0 aliphatic carbocycles. The number of aliphatic imine (C=N–C) groups is 1. The summed E-state index contributed by atoms with van der Waals surface area (Å²) >= 11 is 11.2. The van der Waals surface area contributed by atoms with Gasteiger partial charge in [-0.05, 0) is 35.0 Å². The zero-order valence-electron chi connectivity index (χ0n) is 11.8. The molecule has 2 rings (SSSR count). The number of benzene rings is 1. The smallest absolute Gasteiger partial charge is 0.124 e. The van der Waals surface area contributed by atoms with E-state index in [1.807, 2.05) is 25.1 Å². The van der Waals surface area contributed by atoms with Gasteiger partial charge in [0.15, 0.2) is 0 Å². The normalized spacial score (nSPS) is 12.0. The highest BCUT2D eigenvalue weighted by Crippen LogP contribution is 2.35. The quantitative estimate of drug-likeness (QED) is 0.758. The van der Waals surface area contributed by atoms with Crippen LogP contribution in [0.1, 0.15) is 12.5 Å². The number of nitrogens with two attached hydrogens (primary N) is 1. The number of allylic oxidation sites excluding steroid dienone is 1. The van der Waals surface area contributed by atoms with Crippen molar-refractivity contribution < 1.29 is 0 Å². The van der Waals surface area contributed by atoms with Crippen molar-refractivity contribution in [2.45, 2.75) is 16.8 Å². The van der Waals surface area contributed by atoms with Crippen LogP contribution >= 0.6 is 39.3 Å². The van der Waals surface area contributed by atoms with Gasteiger partial charge in [0.2, 0.25) is 0 Å². The molecule has 1 aromatic heterocycles. The minimum atomic E-state index is 0.576. The Balaban J connectivity index is 2.27. The summed E-state index contributed by atoms with van der Waals surface area (Å²) in [6.07, 6.45) is 6.77. The standard InChI is InChI=1S/C15H14BrClN4S/c1-2-19-7-6-11(18)10-4-3-5-12(15(10)17)22-14-9-20-13(16)8-21-14/h3-9H,2,18H2,1H3. The van der Waals surface area contributed by atoms with Gasteiger partial charge in [0.25, 0.3) is 0 Å².